The second-order valence-corrected chi connectivity index (χ2v) is 4.82. The van der Waals surface area contributed by atoms with Crippen LogP contribution in [0.25, 0.3) is 0 Å². The zero-order chi connectivity index (χ0) is 16.5. The van der Waals surface area contributed by atoms with Gasteiger partial charge < -0.3 is 20.8 Å². The smallest absolute Gasteiger partial charge is 0.284 e. The van der Waals surface area contributed by atoms with E-state index in [2.05, 4.69) is 20.6 Å². The van der Waals surface area contributed by atoms with Crippen LogP contribution in [0.15, 0.2) is 45.9 Å². The number of aromatic nitrogens is 1. The Morgan fingerprint density at radius 2 is 2.12 bits per heavy atom. The molecule has 0 aromatic carbocycles. The van der Waals surface area contributed by atoms with Gasteiger partial charge in [0.15, 0.2) is 11.7 Å². The predicted octanol–water partition coefficient (Wildman–Crippen LogP) is 1.69. The number of nitrogens with one attached hydrogen (secondary N) is 2. The molecule has 24 heavy (non-hydrogen) atoms. The van der Waals surface area contributed by atoms with Gasteiger partial charge in [-0.15, -0.1) is 24.0 Å². The summed E-state index contributed by atoms with van der Waals surface area (Å²) in [4.78, 5) is 19.7. The molecule has 0 radical (unpaired) electrons. The number of aliphatic imine (C=N–C) groups is 1. The number of primary amides is 1. The van der Waals surface area contributed by atoms with Gasteiger partial charge in [0, 0.05) is 31.4 Å². The predicted molar refractivity (Wildman–Crippen MR) is 103 cm³/mol. The van der Waals surface area contributed by atoms with E-state index in [1.54, 1.807) is 18.3 Å². The summed E-state index contributed by atoms with van der Waals surface area (Å²) in [5.74, 6) is 0.824. The van der Waals surface area contributed by atoms with Gasteiger partial charge in [-0.3, -0.25) is 9.78 Å². The van der Waals surface area contributed by atoms with Crippen LogP contribution in [0.5, 0.6) is 0 Å². The van der Waals surface area contributed by atoms with E-state index in [1.807, 2.05) is 25.1 Å². The lowest BCUT2D eigenvalue weighted by molar-refractivity contribution is 0.0972. The van der Waals surface area contributed by atoms with E-state index in [4.69, 9.17) is 10.2 Å². The van der Waals surface area contributed by atoms with Crippen LogP contribution in [-0.4, -0.2) is 29.9 Å². The number of amides is 1. The summed E-state index contributed by atoms with van der Waals surface area (Å²) in [6, 6.07) is 9.09. The zero-order valence-corrected chi connectivity index (χ0v) is 15.8. The number of hydrogen-bond acceptors (Lipinski definition) is 4. The van der Waals surface area contributed by atoms with Crippen molar-refractivity contribution in [2.45, 2.75) is 19.9 Å². The molecular formula is C16H22IN5O2. The van der Waals surface area contributed by atoms with Gasteiger partial charge in [0.25, 0.3) is 5.91 Å². The molecular weight excluding hydrogens is 421 g/mol. The normalized spacial score (nSPS) is 10.8. The van der Waals surface area contributed by atoms with Crippen molar-refractivity contribution in [3.05, 3.63) is 53.7 Å². The summed E-state index contributed by atoms with van der Waals surface area (Å²) in [5, 5.41) is 6.39. The van der Waals surface area contributed by atoms with Crippen LogP contribution in [0, 0.1) is 0 Å². The van der Waals surface area contributed by atoms with Gasteiger partial charge in [0.1, 0.15) is 12.3 Å². The number of nitrogens with two attached hydrogens (primary N) is 1. The molecule has 2 aromatic rings. The van der Waals surface area contributed by atoms with Crippen molar-refractivity contribution in [1.82, 2.24) is 15.6 Å². The van der Waals surface area contributed by atoms with Gasteiger partial charge in [0.05, 0.1) is 0 Å². The minimum absolute atomic E-state index is 0. The summed E-state index contributed by atoms with van der Waals surface area (Å²) in [5.41, 5.74) is 6.17. The van der Waals surface area contributed by atoms with E-state index in [-0.39, 0.29) is 29.7 Å². The number of nitrogens with zero attached hydrogens (tertiary/aromatic N) is 2. The Labute approximate surface area is 158 Å². The van der Waals surface area contributed by atoms with Crippen LogP contribution in [0.4, 0.5) is 0 Å². The van der Waals surface area contributed by atoms with Crippen molar-refractivity contribution < 1.29 is 9.21 Å². The first-order chi connectivity index (χ1) is 11.2. The van der Waals surface area contributed by atoms with Crippen LogP contribution >= 0.6 is 24.0 Å². The first kappa shape index (κ1) is 19.9. The molecule has 0 bridgehead atoms. The lowest BCUT2D eigenvalue weighted by Crippen LogP contribution is -2.38. The fourth-order valence-corrected chi connectivity index (χ4v) is 1.95. The molecule has 2 aromatic heterocycles. The minimum atomic E-state index is -0.583. The van der Waals surface area contributed by atoms with Crippen molar-refractivity contribution in [2.75, 3.05) is 13.1 Å². The molecule has 0 aliphatic heterocycles. The monoisotopic (exact) mass is 443 g/mol. The van der Waals surface area contributed by atoms with Crippen LogP contribution in [0.3, 0.4) is 0 Å². The lowest BCUT2D eigenvalue weighted by Gasteiger charge is -2.10. The highest BCUT2D eigenvalue weighted by Crippen LogP contribution is 2.08. The Balaban J connectivity index is 0.00000288. The van der Waals surface area contributed by atoms with E-state index >= 15 is 0 Å². The third-order valence-corrected chi connectivity index (χ3v) is 3.04. The number of furan rings is 1. The third-order valence-electron chi connectivity index (χ3n) is 3.04. The minimum Gasteiger partial charge on any atom is -0.454 e. The first-order valence-corrected chi connectivity index (χ1v) is 7.49. The van der Waals surface area contributed by atoms with E-state index in [0.29, 0.717) is 24.8 Å². The zero-order valence-electron chi connectivity index (χ0n) is 13.5. The molecule has 0 spiro atoms. The maximum Gasteiger partial charge on any atom is 0.284 e. The molecule has 8 heteroatoms. The number of rotatable bonds is 7. The van der Waals surface area contributed by atoms with Gasteiger partial charge in [-0.25, -0.2) is 4.99 Å². The highest BCUT2D eigenvalue weighted by Gasteiger charge is 2.06. The van der Waals surface area contributed by atoms with Gasteiger partial charge in [0.2, 0.25) is 0 Å². The van der Waals surface area contributed by atoms with Crippen molar-refractivity contribution in [3.63, 3.8) is 0 Å². The highest BCUT2D eigenvalue weighted by molar-refractivity contribution is 14.0. The summed E-state index contributed by atoms with van der Waals surface area (Å²) in [6.45, 7) is 3.79. The third kappa shape index (κ3) is 6.57. The second-order valence-electron chi connectivity index (χ2n) is 4.82. The number of hydrogen-bond donors (Lipinski definition) is 3. The van der Waals surface area contributed by atoms with E-state index in [9.17, 15) is 4.79 Å². The van der Waals surface area contributed by atoms with E-state index in [1.165, 1.54) is 0 Å². The van der Waals surface area contributed by atoms with Crippen LogP contribution < -0.4 is 16.4 Å². The molecule has 0 atom stereocenters. The van der Waals surface area contributed by atoms with Crippen molar-refractivity contribution >= 4 is 35.8 Å². The highest BCUT2D eigenvalue weighted by atomic mass is 127. The van der Waals surface area contributed by atoms with Crippen LogP contribution in [0.2, 0.25) is 0 Å². The second kappa shape index (κ2) is 10.6. The van der Waals surface area contributed by atoms with Crippen LogP contribution in [-0.2, 0) is 13.0 Å². The maximum atomic E-state index is 11.0. The van der Waals surface area contributed by atoms with E-state index < -0.39 is 5.91 Å². The van der Waals surface area contributed by atoms with Crippen molar-refractivity contribution in [1.29, 1.82) is 0 Å². The SMILES string of the molecule is CCNC(=NCc1ccc(C(N)=O)o1)NCCc1ccccn1.I. The summed E-state index contributed by atoms with van der Waals surface area (Å²) >= 11 is 0. The molecule has 2 rings (SSSR count). The molecule has 130 valence electrons. The quantitative estimate of drug-likeness (QED) is 0.343. The number of pyridine rings is 1. The molecule has 0 saturated carbocycles. The van der Waals surface area contributed by atoms with Crippen molar-refractivity contribution in [2.24, 2.45) is 10.7 Å². The summed E-state index contributed by atoms with van der Waals surface area (Å²) in [7, 11) is 0. The fraction of sp³-hybridized carbons (Fsp3) is 0.312. The number of carbonyl (C=O) groups is 1. The fourth-order valence-electron chi connectivity index (χ4n) is 1.95. The maximum absolute atomic E-state index is 11.0. The van der Waals surface area contributed by atoms with Gasteiger partial charge in [-0.1, -0.05) is 6.07 Å². The largest absolute Gasteiger partial charge is 0.454 e. The molecule has 4 N–H and O–H groups in total. The topological polar surface area (TPSA) is 106 Å². The Kier molecular flexibility index (Phi) is 8.84. The summed E-state index contributed by atoms with van der Waals surface area (Å²) < 4.78 is 5.30. The number of guanidine groups is 1. The molecule has 1 amide bonds. The Morgan fingerprint density at radius 1 is 1.29 bits per heavy atom. The van der Waals surface area contributed by atoms with Gasteiger partial charge in [-0.2, -0.15) is 0 Å². The van der Waals surface area contributed by atoms with Crippen molar-refractivity contribution in [3.8, 4) is 0 Å². The van der Waals surface area contributed by atoms with Crippen LogP contribution in [0.1, 0.15) is 28.9 Å². The molecule has 0 fully saturated rings. The average molecular weight is 443 g/mol. The Hall–Kier alpha value is -2.10. The molecule has 7 nitrogen and oxygen atoms in total. The van der Waals surface area contributed by atoms with E-state index in [0.717, 1.165) is 18.7 Å². The molecule has 0 unspecified atom stereocenters. The average Bonchev–Trinajstić information content (AvgIpc) is 3.03. The lowest BCUT2D eigenvalue weighted by atomic mass is 10.3. The molecule has 2 heterocycles. The first-order valence-electron chi connectivity index (χ1n) is 7.49. The number of carbonyl (C=O) groups excluding carboxylic acids is 1. The standard InChI is InChI=1S/C16H21N5O2.HI/c1-2-18-16(20-10-8-12-5-3-4-9-19-12)21-11-13-6-7-14(23-13)15(17)22;/h3-7,9H,2,8,10-11H2,1H3,(H2,17,22)(H2,18,20,21);1H. The molecule has 0 aliphatic rings. The Bertz CT molecular complexity index is 657. The molecule has 0 saturated heterocycles. The van der Waals surface area contributed by atoms with Gasteiger partial charge in [-0.05, 0) is 31.2 Å². The number of halogens is 1. The molecule has 0 aliphatic carbocycles. The Morgan fingerprint density at radius 3 is 2.75 bits per heavy atom. The summed E-state index contributed by atoms with van der Waals surface area (Å²) in [6.07, 6.45) is 2.58. The van der Waals surface area contributed by atoms with Gasteiger partial charge >= 0.3 is 0 Å².